The second-order valence-electron chi connectivity index (χ2n) is 7.32. The number of nitrogens with one attached hydrogen (secondary N) is 3. The predicted octanol–water partition coefficient (Wildman–Crippen LogP) is 3.64. The second-order valence-corrected chi connectivity index (χ2v) is 7.73. The molecule has 0 radical (unpaired) electrons. The van der Waals surface area contributed by atoms with E-state index in [-0.39, 0.29) is 6.10 Å². The van der Waals surface area contributed by atoms with E-state index in [1.54, 1.807) is 0 Å². The van der Waals surface area contributed by atoms with Crippen LogP contribution in [0.1, 0.15) is 35.4 Å². The van der Waals surface area contributed by atoms with Crippen molar-refractivity contribution in [2.24, 2.45) is 4.99 Å². The molecule has 1 unspecified atom stereocenters. The highest BCUT2D eigenvalue weighted by atomic mass is 32.1. The number of hydrogen-bond acceptors (Lipinski definition) is 5. The van der Waals surface area contributed by atoms with E-state index >= 15 is 0 Å². The normalized spacial score (nSPS) is 16.6. The molecule has 2 aromatic rings. The molecule has 1 fully saturated rings. The van der Waals surface area contributed by atoms with Crippen LogP contribution in [-0.2, 0) is 4.74 Å². The summed E-state index contributed by atoms with van der Waals surface area (Å²) in [5.74, 6) is 0.975. The fourth-order valence-electron chi connectivity index (χ4n) is 3.19. The molecule has 1 aliphatic rings. The molecule has 0 saturated carbocycles. The summed E-state index contributed by atoms with van der Waals surface area (Å²) in [6.07, 6.45) is 2.22. The van der Waals surface area contributed by atoms with Crippen molar-refractivity contribution in [1.82, 2.24) is 15.3 Å². The van der Waals surface area contributed by atoms with E-state index < -0.39 is 0 Å². The van der Waals surface area contributed by atoms with Crippen molar-refractivity contribution < 1.29 is 4.74 Å². The van der Waals surface area contributed by atoms with Gasteiger partial charge in [0.2, 0.25) is 11.9 Å². The number of thiocarbonyl (C=S) groups is 1. The Morgan fingerprint density at radius 3 is 2.55 bits per heavy atom. The molecule has 2 heterocycles. The summed E-state index contributed by atoms with van der Waals surface area (Å²) in [5.41, 5.74) is 5.05. The first kappa shape index (κ1) is 21.1. The summed E-state index contributed by atoms with van der Waals surface area (Å²) in [6, 6.07) is 8.10. The molecular formula is C21H28N6OS. The molecule has 1 aromatic heterocycles. The van der Waals surface area contributed by atoms with E-state index in [1.807, 2.05) is 39.0 Å². The van der Waals surface area contributed by atoms with Crippen molar-refractivity contribution in [2.45, 2.75) is 46.6 Å². The molecular weight excluding hydrogens is 384 g/mol. The van der Waals surface area contributed by atoms with Crippen LogP contribution in [0.3, 0.4) is 0 Å². The molecule has 0 bridgehead atoms. The van der Waals surface area contributed by atoms with E-state index in [1.165, 1.54) is 5.56 Å². The molecule has 0 spiro atoms. The lowest BCUT2D eigenvalue weighted by molar-refractivity contribution is 0.118. The van der Waals surface area contributed by atoms with Gasteiger partial charge in [-0.1, -0.05) is 17.7 Å². The second kappa shape index (κ2) is 9.76. The highest BCUT2D eigenvalue weighted by Crippen LogP contribution is 2.16. The fraction of sp³-hybridized carbons (Fsp3) is 0.429. The average molecular weight is 413 g/mol. The van der Waals surface area contributed by atoms with Crippen molar-refractivity contribution >= 4 is 34.9 Å². The van der Waals surface area contributed by atoms with Gasteiger partial charge in [0.1, 0.15) is 0 Å². The Labute approximate surface area is 177 Å². The third kappa shape index (κ3) is 6.47. The number of aliphatic imine (C=N–C) groups is 1. The zero-order chi connectivity index (χ0) is 20.8. The van der Waals surface area contributed by atoms with E-state index in [9.17, 15) is 0 Å². The Morgan fingerprint density at radius 2 is 1.90 bits per heavy atom. The van der Waals surface area contributed by atoms with Crippen molar-refractivity contribution in [1.29, 1.82) is 0 Å². The first-order valence-electron chi connectivity index (χ1n) is 9.79. The number of aryl methyl sites for hydroxylation is 4. The van der Waals surface area contributed by atoms with Gasteiger partial charge >= 0.3 is 0 Å². The van der Waals surface area contributed by atoms with Gasteiger partial charge in [-0.15, -0.1) is 0 Å². The highest BCUT2D eigenvalue weighted by molar-refractivity contribution is 7.80. The summed E-state index contributed by atoms with van der Waals surface area (Å²) >= 11 is 5.51. The predicted molar refractivity (Wildman–Crippen MR) is 122 cm³/mol. The minimum Gasteiger partial charge on any atom is -0.376 e. The quantitative estimate of drug-likeness (QED) is 0.402. The maximum absolute atomic E-state index is 5.68. The number of aromatic nitrogens is 2. The van der Waals surface area contributed by atoms with Gasteiger partial charge in [0.15, 0.2) is 5.11 Å². The van der Waals surface area contributed by atoms with Crippen LogP contribution in [0.2, 0.25) is 0 Å². The summed E-state index contributed by atoms with van der Waals surface area (Å²) in [7, 11) is 0. The van der Waals surface area contributed by atoms with Crippen LogP contribution >= 0.6 is 12.2 Å². The van der Waals surface area contributed by atoms with Gasteiger partial charge in [0.05, 0.1) is 12.6 Å². The Hall–Kier alpha value is -2.58. The molecule has 7 nitrogen and oxygen atoms in total. The van der Waals surface area contributed by atoms with Crippen LogP contribution in [0.25, 0.3) is 0 Å². The summed E-state index contributed by atoms with van der Waals surface area (Å²) in [5, 5.41) is 9.98. The van der Waals surface area contributed by atoms with E-state index in [0.29, 0.717) is 23.6 Å². The third-order valence-electron chi connectivity index (χ3n) is 4.55. The van der Waals surface area contributed by atoms with Gasteiger partial charge in [-0.05, 0) is 70.5 Å². The zero-order valence-corrected chi connectivity index (χ0v) is 18.2. The smallest absolute Gasteiger partial charge is 0.229 e. The van der Waals surface area contributed by atoms with E-state index in [4.69, 9.17) is 17.0 Å². The van der Waals surface area contributed by atoms with E-state index in [2.05, 4.69) is 43.9 Å². The van der Waals surface area contributed by atoms with E-state index in [0.717, 1.165) is 42.1 Å². The van der Waals surface area contributed by atoms with Gasteiger partial charge in [-0.3, -0.25) is 5.32 Å². The summed E-state index contributed by atoms with van der Waals surface area (Å²) < 4.78 is 5.68. The van der Waals surface area contributed by atoms with Gasteiger partial charge < -0.3 is 15.4 Å². The number of guanidine groups is 1. The molecule has 29 heavy (non-hydrogen) atoms. The molecule has 1 aliphatic heterocycles. The minimum atomic E-state index is 0.134. The Bertz CT molecular complexity index is 888. The maximum atomic E-state index is 5.68. The molecule has 1 aromatic carbocycles. The van der Waals surface area contributed by atoms with Crippen LogP contribution in [0, 0.1) is 27.7 Å². The fourth-order valence-corrected chi connectivity index (χ4v) is 3.40. The van der Waals surface area contributed by atoms with Crippen molar-refractivity contribution in [3.63, 3.8) is 0 Å². The topological polar surface area (TPSA) is 83.5 Å². The van der Waals surface area contributed by atoms with Crippen molar-refractivity contribution in [2.75, 3.05) is 23.8 Å². The van der Waals surface area contributed by atoms with Gasteiger partial charge in [-0.25, -0.2) is 15.0 Å². The molecule has 0 aliphatic carbocycles. The van der Waals surface area contributed by atoms with Gasteiger partial charge in [0.25, 0.3) is 0 Å². The average Bonchev–Trinajstić information content (AvgIpc) is 3.15. The molecule has 3 rings (SSSR count). The Kier molecular flexibility index (Phi) is 7.11. The SMILES string of the molecule is Cc1ccc(NC(=S)NC(=NCC2CCCO2)Nc2nc(C)cc(C)n2)c(C)c1. The number of nitrogens with zero attached hydrogens (tertiary/aromatic N) is 3. The molecule has 154 valence electrons. The van der Waals surface area contributed by atoms with Crippen LogP contribution in [0.5, 0.6) is 0 Å². The Balaban J connectivity index is 1.72. The monoisotopic (exact) mass is 412 g/mol. The van der Waals surface area contributed by atoms with Crippen LogP contribution in [-0.4, -0.2) is 40.3 Å². The first-order valence-corrected chi connectivity index (χ1v) is 10.2. The molecule has 0 amide bonds. The van der Waals surface area contributed by atoms with Gasteiger partial charge in [-0.2, -0.15) is 0 Å². The lowest BCUT2D eigenvalue weighted by Crippen LogP contribution is -2.39. The molecule has 8 heteroatoms. The minimum absolute atomic E-state index is 0.134. The Morgan fingerprint density at radius 1 is 1.14 bits per heavy atom. The first-order chi connectivity index (χ1) is 13.9. The lowest BCUT2D eigenvalue weighted by Gasteiger charge is -2.16. The third-order valence-corrected chi connectivity index (χ3v) is 4.76. The molecule has 1 atom stereocenters. The molecule has 1 saturated heterocycles. The van der Waals surface area contributed by atoms with Crippen molar-refractivity contribution in [3.05, 3.63) is 46.8 Å². The number of ether oxygens (including phenoxy) is 1. The standard InChI is InChI=1S/C21H28N6OS/c1-13-7-8-18(14(2)10-13)25-21(29)27-19(22-12-17-6-5-9-28-17)26-20-23-15(3)11-16(4)24-20/h7-8,10-11,17H,5-6,9,12H2,1-4H3,(H3,22,23,24,25,26,27,29). The largest absolute Gasteiger partial charge is 0.376 e. The number of hydrogen-bond donors (Lipinski definition) is 3. The summed E-state index contributed by atoms with van der Waals surface area (Å²) in [6.45, 7) is 9.32. The van der Waals surface area contributed by atoms with Crippen molar-refractivity contribution in [3.8, 4) is 0 Å². The number of rotatable bonds is 4. The van der Waals surface area contributed by atoms with Crippen LogP contribution in [0.4, 0.5) is 11.6 Å². The van der Waals surface area contributed by atoms with Gasteiger partial charge in [0, 0.05) is 23.7 Å². The number of benzene rings is 1. The highest BCUT2D eigenvalue weighted by Gasteiger charge is 2.16. The maximum Gasteiger partial charge on any atom is 0.229 e. The van der Waals surface area contributed by atoms with Crippen LogP contribution < -0.4 is 16.0 Å². The molecule has 3 N–H and O–H groups in total. The zero-order valence-electron chi connectivity index (χ0n) is 17.4. The summed E-state index contributed by atoms with van der Waals surface area (Å²) in [4.78, 5) is 13.5. The lowest BCUT2D eigenvalue weighted by atomic mass is 10.1. The van der Waals surface area contributed by atoms with Crippen LogP contribution in [0.15, 0.2) is 29.3 Å². The number of anilines is 2.